The van der Waals surface area contributed by atoms with Crippen LogP contribution in [0.4, 0.5) is 15.9 Å². The number of hydrogen-bond acceptors (Lipinski definition) is 3. The first-order valence-electron chi connectivity index (χ1n) is 7.34. The van der Waals surface area contributed by atoms with Crippen molar-refractivity contribution in [3.8, 4) is 0 Å². The maximum Gasteiger partial charge on any atom is 0.230 e. The van der Waals surface area contributed by atoms with Crippen molar-refractivity contribution >= 4 is 17.4 Å². The van der Waals surface area contributed by atoms with Crippen LogP contribution in [-0.4, -0.2) is 16.9 Å². The molecule has 1 aromatic carbocycles. The number of halogens is 1. The van der Waals surface area contributed by atoms with Gasteiger partial charge in [-0.05, 0) is 37.1 Å². The molecule has 0 saturated heterocycles. The second kappa shape index (κ2) is 7.54. The van der Waals surface area contributed by atoms with Crippen molar-refractivity contribution in [1.29, 1.82) is 0 Å². The van der Waals surface area contributed by atoms with Crippen molar-refractivity contribution in [3.05, 3.63) is 54.0 Å². The van der Waals surface area contributed by atoms with Gasteiger partial charge >= 0.3 is 0 Å². The molecule has 0 aliphatic rings. The smallest absolute Gasteiger partial charge is 0.230 e. The molecule has 2 N–H and O–H groups in total. The Hall–Kier alpha value is -2.43. The van der Waals surface area contributed by atoms with E-state index in [1.54, 1.807) is 30.5 Å². The minimum Gasteiger partial charge on any atom is -0.381 e. The van der Waals surface area contributed by atoms with E-state index in [0.29, 0.717) is 17.4 Å². The molecule has 0 bridgehead atoms. The lowest BCUT2D eigenvalue weighted by atomic mass is 10.1. The molecule has 4 nitrogen and oxygen atoms in total. The zero-order valence-electron chi connectivity index (χ0n) is 12.8. The van der Waals surface area contributed by atoms with Crippen molar-refractivity contribution < 1.29 is 9.18 Å². The average molecular weight is 301 g/mol. The monoisotopic (exact) mass is 301 g/mol. The fourth-order valence-electron chi connectivity index (χ4n) is 1.94. The van der Waals surface area contributed by atoms with Gasteiger partial charge in [0.2, 0.25) is 5.91 Å². The molecule has 1 aromatic heterocycles. The SMILES string of the molecule is CCC(C)Nc1ccc(NC(=O)Cc2ccccc2F)nc1. The van der Waals surface area contributed by atoms with Crippen LogP contribution in [0.1, 0.15) is 25.8 Å². The van der Waals surface area contributed by atoms with Gasteiger partial charge in [-0.3, -0.25) is 4.79 Å². The van der Waals surface area contributed by atoms with E-state index in [1.165, 1.54) is 6.07 Å². The Morgan fingerprint density at radius 2 is 2.05 bits per heavy atom. The molecular weight excluding hydrogens is 281 g/mol. The standard InChI is InChI=1S/C17H20FN3O/c1-3-12(2)20-14-8-9-16(19-11-14)21-17(22)10-13-6-4-5-7-15(13)18/h4-9,11-12,20H,3,10H2,1-2H3,(H,19,21,22). The number of nitrogens with one attached hydrogen (secondary N) is 2. The number of anilines is 2. The molecule has 116 valence electrons. The molecule has 0 spiro atoms. The van der Waals surface area contributed by atoms with Gasteiger partial charge in [-0.25, -0.2) is 9.37 Å². The van der Waals surface area contributed by atoms with Crippen LogP contribution in [0.3, 0.4) is 0 Å². The number of hydrogen-bond donors (Lipinski definition) is 2. The molecule has 2 rings (SSSR count). The molecule has 1 amide bonds. The second-order valence-corrected chi connectivity index (χ2v) is 5.20. The third-order valence-corrected chi connectivity index (χ3v) is 3.37. The van der Waals surface area contributed by atoms with E-state index in [1.807, 2.05) is 6.07 Å². The van der Waals surface area contributed by atoms with Crippen molar-refractivity contribution in [2.24, 2.45) is 0 Å². The molecule has 0 aliphatic heterocycles. The van der Waals surface area contributed by atoms with Crippen molar-refractivity contribution in [2.75, 3.05) is 10.6 Å². The average Bonchev–Trinajstić information content (AvgIpc) is 2.51. The lowest BCUT2D eigenvalue weighted by molar-refractivity contribution is -0.115. The Morgan fingerprint density at radius 1 is 1.27 bits per heavy atom. The van der Waals surface area contributed by atoms with Crippen LogP contribution in [0, 0.1) is 5.82 Å². The van der Waals surface area contributed by atoms with Gasteiger partial charge in [-0.2, -0.15) is 0 Å². The minimum atomic E-state index is -0.376. The van der Waals surface area contributed by atoms with E-state index in [0.717, 1.165) is 12.1 Å². The predicted molar refractivity (Wildman–Crippen MR) is 86.3 cm³/mol. The first-order valence-corrected chi connectivity index (χ1v) is 7.34. The quantitative estimate of drug-likeness (QED) is 0.857. The molecule has 1 unspecified atom stereocenters. The molecular formula is C17H20FN3O. The van der Waals surface area contributed by atoms with Crippen LogP contribution in [0.2, 0.25) is 0 Å². The highest BCUT2D eigenvalue weighted by Crippen LogP contribution is 2.13. The van der Waals surface area contributed by atoms with Crippen LogP contribution in [0.15, 0.2) is 42.6 Å². The van der Waals surface area contributed by atoms with Crippen molar-refractivity contribution in [1.82, 2.24) is 4.98 Å². The number of carbonyl (C=O) groups is 1. The van der Waals surface area contributed by atoms with Gasteiger partial charge in [-0.15, -0.1) is 0 Å². The largest absolute Gasteiger partial charge is 0.381 e. The highest BCUT2D eigenvalue weighted by molar-refractivity contribution is 5.91. The van der Waals surface area contributed by atoms with E-state index < -0.39 is 0 Å². The first kappa shape index (κ1) is 15.9. The highest BCUT2D eigenvalue weighted by atomic mass is 19.1. The van der Waals surface area contributed by atoms with E-state index in [2.05, 4.69) is 29.5 Å². The third kappa shape index (κ3) is 4.55. The van der Waals surface area contributed by atoms with Crippen LogP contribution in [0.5, 0.6) is 0 Å². The van der Waals surface area contributed by atoms with Gasteiger partial charge in [0.1, 0.15) is 11.6 Å². The number of aromatic nitrogens is 1. The molecule has 1 atom stereocenters. The second-order valence-electron chi connectivity index (χ2n) is 5.20. The first-order chi connectivity index (χ1) is 10.6. The van der Waals surface area contributed by atoms with Crippen LogP contribution in [-0.2, 0) is 11.2 Å². The highest BCUT2D eigenvalue weighted by Gasteiger charge is 2.08. The van der Waals surface area contributed by atoms with Crippen molar-refractivity contribution in [2.45, 2.75) is 32.7 Å². The number of nitrogens with zero attached hydrogens (tertiary/aromatic N) is 1. The van der Waals surface area contributed by atoms with Gasteiger partial charge in [0.25, 0.3) is 0 Å². The third-order valence-electron chi connectivity index (χ3n) is 3.37. The summed E-state index contributed by atoms with van der Waals surface area (Å²) < 4.78 is 13.5. The summed E-state index contributed by atoms with van der Waals surface area (Å²) in [5, 5.41) is 5.96. The summed E-state index contributed by atoms with van der Waals surface area (Å²) in [4.78, 5) is 16.1. The topological polar surface area (TPSA) is 54.0 Å². The number of pyridine rings is 1. The normalized spacial score (nSPS) is 11.8. The summed E-state index contributed by atoms with van der Waals surface area (Å²) >= 11 is 0. The Balaban J connectivity index is 1.93. The zero-order valence-corrected chi connectivity index (χ0v) is 12.8. The number of carbonyl (C=O) groups excluding carboxylic acids is 1. The van der Waals surface area contributed by atoms with Crippen LogP contribution in [0.25, 0.3) is 0 Å². The van der Waals surface area contributed by atoms with Gasteiger partial charge < -0.3 is 10.6 Å². The number of rotatable bonds is 6. The van der Waals surface area contributed by atoms with Crippen LogP contribution >= 0.6 is 0 Å². The minimum absolute atomic E-state index is 0.0127. The molecule has 5 heteroatoms. The van der Waals surface area contributed by atoms with Gasteiger partial charge in [-0.1, -0.05) is 25.1 Å². The van der Waals surface area contributed by atoms with Gasteiger partial charge in [0.05, 0.1) is 18.3 Å². The summed E-state index contributed by atoms with van der Waals surface area (Å²) in [5.74, 6) is -0.213. The number of amides is 1. The molecule has 0 radical (unpaired) electrons. The van der Waals surface area contributed by atoms with E-state index in [-0.39, 0.29) is 18.1 Å². The van der Waals surface area contributed by atoms with E-state index in [9.17, 15) is 9.18 Å². The lowest BCUT2D eigenvalue weighted by Crippen LogP contribution is -2.16. The van der Waals surface area contributed by atoms with E-state index in [4.69, 9.17) is 0 Å². The molecule has 1 heterocycles. The lowest BCUT2D eigenvalue weighted by Gasteiger charge is -2.13. The van der Waals surface area contributed by atoms with Crippen molar-refractivity contribution in [3.63, 3.8) is 0 Å². The fourth-order valence-corrected chi connectivity index (χ4v) is 1.94. The zero-order chi connectivity index (χ0) is 15.9. The van der Waals surface area contributed by atoms with Gasteiger partial charge in [0.15, 0.2) is 0 Å². The Morgan fingerprint density at radius 3 is 2.68 bits per heavy atom. The summed E-state index contributed by atoms with van der Waals surface area (Å²) in [5.41, 5.74) is 1.27. The predicted octanol–water partition coefficient (Wildman–Crippen LogP) is 3.61. The summed E-state index contributed by atoms with van der Waals surface area (Å²) in [6, 6.07) is 10.2. The molecule has 0 aliphatic carbocycles. The summed E-state index contributed by atoms with van der Waals surface area (Å²) in [6.45, 7) is 4.19. The Kier molecular flexibility index (Phi) is 5.47. The Labute approximate surface area is 129 Å². The van der Waals surface area contributed by atoms with E-state index >= 15 is 0 Å². The molecule has 0 fully saturated rings. The molecule has 22 heavy (non-hydrogen) atoms. The Bertz CT molecular complexity index is 628. The maximum absolute atomic E-state index is 13.5. The number of benzene rings is 1. The summed E-state index contributed by atoms with van der Waals surface area (Å²) in [7, 11) is 0. The molecule has 0 saturated carbocycles. The molecule has 2 aromatic rings. The fraction of sp³-hybridized carbons (Fsp3) is 0.294. The van der Waals surface area contributed by atoms with Crippen LogP contribution < -0.4 is 10.6 Å². The van der Waals surface area contributed by atoms with Gasteiger partial charge in [0, 0.05) is 6.04 Å². The summed E-state index contributed by atoms with van der Waals surface area (Å²) in [6.07, 6.45) is 2.67. The maximum atomic E-state index is 13.5.